The Labute approximate surface area is 117 Å². The summed E-state index contributed by atoms with van der Waals surface area (Å²) in [5, 5.41) is 0. The summed E-state index contributed by atoms with van der Waals surface area (Å²) in [6, 6.07) is 5.84. The number of nitrogens with zero attached hydrogens (tertiary/aromatic N) is 1. The van der Waals surface area contributed by atoms with Crippen molar-refractivity contribution in [2.24, 2.45) is 11.8 Å². The molecule has 0 unspecified atom stereocenters. The van der Waals surface area contributed by atoms with Gasteiger partial charge in [0, 0.05) is 0 Å². The van der Waals surface area contributed by atoms with E-state index in [0.29, 0.717) is 5.69 Å². The van der Waals surface area contributed by atoms with Crippen molar-refractivity contribution in [1.82, 2.24) is 0 Å². The zero-order chi connectivity index (χ0) is 14.0. The number of fused-ring (bicyclic) bond motifs is 5. The number of benzene rings is 1. The van der Waals surface area contributed by atoms with E-state index in [9.17, 15) is 9.59 Å². The molecule has 3 aliphatic rings. The zero-order valence-electron chi connectivity index (χ0n) is 11.4. The van der Waals surface area contributed by atoms with Gasteiger partial charge in [-0.25, -0.2) is 4.90 Å². The molecule has 2 saturated heterocycles. The van der Waals surface area contributed by atoms with Gasteiger partial charge in [-0.05, 0) is 31.0 Å². The second-order valence-electron chi connectivity index (χ2n) is 5.80. The Kier molecular flexibility index (Phi) is 2.25. The van der Waals surface area contributed by atoms with E-state index in [1.165, 1.54) is 4.90 Å². The van der Waals surface area contributed by atoms with Gasteiger partial charge < -0.3 is 4.74 Å². The minimum atomic E-state index is -0.336. The van der Waals surface area contributed by atoms with Crippen molar-refractivity contribution in [3.05, 3.63) is 41.5 Å². The van der Waals surface area contributed by atoms with E-state index in [0.717, 1.165) is 11.1 Å². The van der Waals surface area contributed by atoms with E-state index in [1.54, 1.807) is 0 Å². The Morgan fingerprint density at radius 1 is 1.00 bits per heavy atom. The molecule has 4 nitrogen and oxygen atoms in total. The molecule has 0 aromatic heterocycles. The number of rotatable bonds is 1. The van der Waals surface area contributed by atoms with Gasteiger partial charge >= 0.3 is 0 Å². The molecule has 4 rings (SSSR count). The molecule has 0 N–H and O–H groups in total. The maximum absolute atomic E-state index is 12.6. The molecule has 0 saturated carbocycles. The Morgan fingerprint density at radius 3 is 2.20 bits per heavy atom. The molecule has 4 atom stereocenters. The van der Waals surface area contributed by atoms with Crippen LogP contribution in [0.25, 0.3) is 0 Å². The van der Waals surface area contributed by atoms with Gasteiger partial charge in [0.1, 0.15) is 0 Å². The van der Waals surface area contributed by atoms with Crippen LogP contribution in [-0.4, -0.2) is 24.0 Å². The van der Waals surface area contributed by atoms with E-state index in [-0.39, 0.29) is 35.9 Å². The van der Waals surface area contributed by atoms with Crippen molar-refractivity contribution >= 4 is 17.5 Å². The number of ether oxygens (including phenoxy) is 1. The van der Waals surface area contributed by atoms with E-state index in [4.69, 9.17) is 4.74 Å². The van der Waals surface area contributed by atoms with Crippen molar-refractivity contribution in [2.45, 2.75) is 26.1 Å². The normalized spacial score (nSPS) is 34.2. The highest BCUT2D eigenvalue weighted by Crippen LogP contribution is 2.46. The number of aryl methyl sites for hydroxylation is 2. The predicted molar refractivity (Wildman–Crippen MR) is 73.2 cm³/mol. The molecule has 2 amide bonds. The Bertz CT molecular complexity index is 634. The Morgan fingerprint density at radius 2 is 1.60 bits per heavy atom. The SMILES string of the molecule is Cc1ccc(C)c(N2C(=O)[C@@H]3[C@@H](C2=O)[C@@H]2C=C[C@@H]3O2)c1. The molecule has 0 aliphatic carbocycles. The van der Waals surface area contributed by atoms with Gasteiger partial charge in [0.25, 0.3) is 0 Å². The summed E-state index contributed by atoms with van der Waals surface area (Å²) in [6.45, 7) is 3.88. The Balaban J connectivity index is 1.80. The Hall–Kier alpha value is -1.94. The van der Waals surface area contributed by atoms with Gasteiger partial charge in [0.15, 0.2) is 0 Å². The van der Waals surface area contributed by atoms with E-state index >= 15 is 0 Å². The van der Waals surface area contributed by atoms with Gasteiger partial charge in [-0.15, -0.1) is 0 Å². The van der Waals surface area contributed by atoms with Crippen LogP contribution < -0.4 is 4.90 Å². The summed E-state index contributed by atoms with van der Waals surface area (Å²) in [7, 11) is 0. The number of hydrogen-bond acceptors (Lipinski definition) is 3. The molecule has 2 bridgehead atoms. The van der Waals surface area contributed by atoms with Crippen LogP contribution >= 0.6 is 0 Å². The fourth-order valence-corrected chi connectivity index (χ4v) is 3.50. The molecule has 0 radical (unpaired) electrons. The fraction of sp³-hybridized carbons (Fsp3) is 0.375. The minimum Gasteiger partial charge on any atom is -0.365 e. The van der Waals surface area contributed by atoms with Crippen molar-refractivity contribution in [2.75, 3.05) is 4.90 Å². The number of amides is 2. The van der Waals surface area contributed by atoms with E-state index in [2.05, 4.69) is 0 Å². The first-order valence-electron chi connectivity index (χ1n) is 6.87. The number of imide groups is 1. The van der Waals surface area contributed by atoms with Crippen LogP contribution in [0.1, 0.15) is 11.1 Å². The van der Waals surface area contributed by atoms with Crippen LogP contribution in [0.15, 0.2) is 30.4 Å². The lowest BCUT2D eigenvalue weighted by molar-refractivity contribution is -0.124. The maximum Gasteiger partial charge on any atom is 0.240 e. The molecule has 4 heteroatoms. The van der Waals surface area contributed by atoms with E-state index < -0.39 is 0 Å². The van der Waals surface area contributed by atoms with E-state index in [1.807, 2.05) is 44.2 Å². The molecule has 2 fully saturated rings. The summed E-state index contributed by atoms with van der Waals surface area (Å²) in [5.74, 6) is -0.911. The lowest BCUT2D eigenvalue weighted by Crippen LogP contribution is -2.34. The molecule has 3 aliphatic heterocycles. The second-order valence-corrected chi connectivity index (χ2v) is 5.80. The van der Waals surface area contributed by atoms with Crippen LogP contribution in [0.2, 0.25) is 0 Å². The van der Waals surface area contributed by atoms with Gasteiger partial charge in [-0.1, -0.05) is 24.3 Å². The minimum absolute atomic E-state index is 0.120. The van der Waals surface area contributed by atoms with Gasteiger partial charge in [0.05, 0.1) is 29.7 Å². The zero-order valence-corrected chi connectivity index (χ0v) is 11.4. The third-order valence-corrected chi connectivity index (χ3v) is 4.52. The number of carbonyl (C=O) groups excluding carboxylic acids is 2. The molecule has 102 valence electrons. The number of carbonyl (C=O) groups is 2. The summed E-state index contributed by atoms with van der Waals surface area (Å²) < 4.78 is 5.64. The first kappa shape index (κ1) is 11.9. The maximum atomic E-state index is 12.6. The molecular weight excluding hydrogens is 254 g/mol. The quantitative estimate of drug-likeness (QED) is 0.576. The first-order chi connectivity index (χ1) is 9.58. The summed E-state index contributed by atoms with van der Waals surface area (Å²) >= 11 is 0. The van der Waals surface area contributed by atoms with Crippen LogP contribution in [0.4, 0.5) is 5.69 Å². The lowest BCUT2D eigenvalue weighted by atomic mass is 9.85. The van der Waals surface area contributed by atoms with Gasteiger partial charge in [0.2, 0.25) is 11.8 Å². The number of anilines is 1. The average Bonchev–Trinajstić information content (AvgIpc) is 3.08. The summed E-state index contributed by atoms with van der Waals surface area (Å²) in [4.78, 5) is 26.7. The second kappa shape index (κ2) is 3.79. The monoisotopic (exact) mass is 269 g/mol. The van der Waals surface area contributed by atoms with Gasteiger partial charge in [-0.3, -0.25) is 9.59 Å². The van der Waals surface area contributed by atoms with Gasteiger partial charge in [-0.2, -0.15) is 0 Å². The smallest absolute Gasteiger partial charge is 0.240 e. The standard InChI is InChI=1S/C16H15NO3/c1-8-3-4-9(2)10(7-8)17-15(18)13-11-5-6-12(20-11)14(13)16(17)19/h3-7,11-14H,1-2H3/t11-,12-,13-,14-/m0/s1. The van der Waals surface area contributed by atoms with Crippen molar-refractivity contribution in [1.29, 1.82) is 0 Å². The highest BCUT2D eigenvalue weighted by Gasteiger charge is 2.61. The predicted octanol–water partition coefficient (Wildman–Crippen LogP) is 1.75. The highest BCUT2D eigenvalue weighted by atomic mass is 16.5. The molecular formula is C16H15NO3. The molecule has 20 heavy (non-hydrogen) atoms. The van der Waals surface area contributed by atoms with Crippen molar-refractivity contribution < 1.29 is 14.3 Å². The summed E-state index contributed by atoms with van der Waals surface area (Å²) in [6.07, 6.45) is 3.36. The van der Waals surface area contributed by atoms with Crippen molar-refractivity contribution in [3.63, 3.8) is 0 Å². The molecule has 0 spiro atoms. The topological polar surface area (TPSA) is 46.6 Å². The van der Waals surface area contributed by atoms with Crippen LogP contribution in [0.5, 0.6) is 0 Å². The lowest BCUT2D eigenvalue weighted by Gasteiger charge is -2.20. The van der Waals surface area contributed by atoms with Crippen LogP contribution in [-0.2, 0) is 14.3 Å². The van der Waals surface area contributed by atoms with Crippen LogP contribution in [0, 0.1) is 25.7 Å². The highest BCUT2D eigenvalue weighted by molar-refractivity contribution is 6.23. The molecule has 1 aromatic carbocycles. The van der Waals surface area contributed by atoms with Crippen LogP contribution in [0.3, 0.4) is 0 Å². The third-order valence-electron chi connectivity index (χ3n) is 4.52. The van der Waals surface area contributed by atoms with Crippen molar-refractivity contribution in [3.8, 4) is 0 Å². The first-order valence-corrected chi connectivity index (χ1v) is 6.87. The summed E-state index contributed by atoms with van der Waals surface area (Å²) in [5.41, 5.74) is 2.70. The fourth-order valence-electron chi connectivity index (χ4n) is 3.50. The largest absolute Gasteiger partial charge is 0.365 e. The average molecular weight is 269 g/mol. The molecule has 1 aromatic rings. The third kappa shape index (κ3) is 1.34. The molecule has 3 heterocycles. The number of hydrogen-bond donors (Lipinski definition) is 0.